The van der Waals surface area contributed by atoms with E-state index >= 15 is 0 Å². The Morgan fingerprint density at radius 2 is 0.733 bits per heavy atom. The maximum atomic E-state index is 12.3. The minimum absolute atomic E-state index is 0.112. The molecule has 0 spiro atoms. The second-order valence-electron chi connectivity index (χ2n) is 6.25. The van der Waals surface area contributed by atoms with Gasteiger partial charge in [0, 0.05) is 22.5 Å². The number of hydrogen-bond donors (Lipinski definition) is 4. The second-order valence-corrected chi connectivity index (χ2v) is 6.25. The Morgan fingerprint density at radius 3 is 1.00 bits per heavy atom. The van der Waals surface area contributed by atoms with Gasteiger partial charge in [-0.15, -0.1) is 0 Å². The van der Waals surface area contributed by atoms with Gasteiger partial charge in [0.25, 0.3) is 11.8 Å². The average molecular weight is 404 g/mol. The minimum atomic E-state index is -1.06. The number of carboxylic acids is 2. The molecule has 30 heavy (non-hydrogen) atoms. The number of carbonyl (C=O) groups is 4. The summed E-state index contributed by atoms with van der Waals surface area (Å²) in [5, 5.41) is 23.1. The first-order chi connectivity index (χ1) is 14.3. The van der Waals surface area contributed by atoms with Gasteiger partial charge in [-0.1, -0.05) is 0 Å². The lowest BCUT2D eigenvalue weighted by Gasteiger charge is -2.08. The average Bonchev–Trinajstić information content (AvgIpc) is 2.74. The Hall–Kier alpha value is -4.46. The molecule has 8 nitrogen and oxygen atoms in total. The molecular weight excluding hydrogens is 388 g/mol. The molecule has 0 heterocycles. The molecule has 0 bridgehead atoms. The van der Waals surface area contributed by atoms with Crippen LogP contribution in [-0.2, 0) is 0 Å². The highest BCUT2D eigenvalue weighted by atomic mass is 16.4. The molecule has 3 aromatic rings. The zero-order valence-electron chi connectivity index (χ0n) is 15.5. The predicted molar refractivity (Wildman–Crippen MR) is 109 cm³/mol. The lowest BCUT2D eigenvalue weighted by atomic mass is 10.1. The predicted octanol–water partition coefficient (Wildman–Crippen LogP) is 3.59. The number of carbonyl (C=O) groups excluding carboxylic acids is 2. The third-order valence-corrected chi connectivity index (χ3v) is 4.19. The van der Waals surface area contributed by atoms with E-state index in [0.29, 0.717) is 22.5 Å². The van der Waals surface area contributed by atoms with Crippen LogP contribution in [0, 0.1) is 0 Å². The van der Waals surface area contributed by atoms with E-state index in [1.165, 1.54) is 72.8 Å². The first kappa shape index (κ1) is 20.3. The Kier molecular flexibility index (Phi) is 5.88. The molecule has 0 aliphatic heterocycles. The highest BCUT2D eigenvalue weighted by Gasteiger charge is 2.11. The summed E-state index contributed by atoms with van der Waals surface area (Å²) in [6.45, 7) is 0. The number of rotatable bonds is 6. The second kappa shape index (κ2) is 8.70. The normalized spacial score (nSPS) is 10.1. The molecule has 0 saturated heterocycles. The molecule has 3 aromatic carbocycles. The number of carboxylic acid groups (broad SMARTS) is 2. The van der Waals surface area contributed by atoms with E-state index < -0.39 is 23.8 Å². The smallest absolute Gasteiger partial charge is 0.335 e. The third kappa shape index (κ3) is 4.87. The summed E-state index contributed by atoms with van der Waals surface area (Å²) in [7, 11) is 0. The van der Waals surface area contributed by atoms with Crippen molar-refractivity contribution >= 4 is 35.1 Å². The van der Waals surface area contributed by atoms with Gasteiger partial charge in [0.05, 0.1) is 11.1 Å². The number of anilines is 2. The van der Waals surface area contributed by atoms with Crippen LogP contribution in [0.25, 0.3) is 0 Å². The molecule has 2 amide bonds. The Balaban J connectivity index is 1.63. The van der Waals surface area contributed by atoms with Gasteiger partial charge in [-0.2, -0.15) is 0 Å². The molecule has 8 heteroatoms. The molecule has 0 atom stereocenters. The zero-order chi connectivity index (χ0) is 21.7. The molecule has 0 saturated carbocycles. The van der Waals surface area contributed by atoms with Crippen LogP contribution in [0.5, 0.6) is 0 Å². The van der Waals surface area contributed by atoms with Gasteiger partial charge < -0.3 is 20.8 Å². The Bertz CT molecular complexity index is 1010. The van der Waals surface area contributed by atoms with Gasteiger partial charge in [-0.05, 0) is 72.8 Å². The third-order valence-electron chi connectivity index (χ3n) is 4.19. The minimum Gasteiger partial charge on any atom is -0.478 e. The van der Waals surface area contributed by atoms with Crippen molar-refractivity contribution in [2.24, 2.45) is 0 Å². The summed E-state index contributed by atoms with van der Waals surface area (Å²) in [4.78, 5) is 46.3. The topological polar surface area (TPSA) is 133 Å². The van der Waals surface area contributed by atoms with Gasteiger partial charge in [-0.25, -0.2) is 9.59 Å². The molecule has 0 radical (unpaired) electrons. The standard InChI is InChI=1S/C22H16N2O6/c25-19(23-17-9-5-15(6-10-17)21(27)28)13-1-2-14(4-3-13)20(26)24-18-11-7-16(8-12-18)22(29)30/h1-12H,(H,23,25)(H,24,26)(H,27,28)(H,29,30). The van der Waals surface area contributed by atoms with Crippen molar-refractivity contribution < 1.29 is 29.4 Å². The van der Waals surface area contributed by atoms with E-state index in [1.807, 2.05) is 0 Å². The van der Waals surface area contributed by atoms with Crippen molar-refractivity contribution in [3.63, 3.8) is 0 Å². The fourth-order valence-electron chi connectivity index (χ4n) is 2.57. The SMILES string of the molecule is O=C(O)c1ccc(NC(=O)c2ccc(C(=O)Nc3ccc(C(=O)O)cc3)cc2)cc1. The van der Waals surface area contributed by atoms with Gasteiger partial charge in [0.15, 0.2) is 0 Å². The molecular formula is C22H16N2O6. The first-order valence-electron chi connectivity index (χ1n) is 8.73. The fraction of sp³-hybridized carbons (Fsp3) is 0. The van der Waals surface area contributed by atoms with Crippen LogP contribution in [-0.4, -0.2) is 34.0 Å². The van der Waals surface area contributed by atoms with Crippen LogP contribution in [0.15, 0.2) is 72.8 Å². The summed E-state index contributed by atoms with van der Waals surface area (Å²) >= 11 is 0. The van der Waals surface area contributed by atoms with E-state index in [-0.39, 0.29) is 11.1 Å². The van der Waals surface area contributed by atoms with Crippen molar-refractivity contribution in [1.82, 2.24) is 0 Å². The van der Waals surface area contributed by atoms with Crippen molar-refractivity contribution in [3.8, 4) is 0 Å². The lowest BCUT2D eigenvalue weighted by Crippen LogP contribution is -2.14. The number of aromatic carboxylic acids is 2. The van der Waals surface area contributed by atoms with Crippen molar-refractivity contribution in [1.29, 1.82) is 0 Å². The first-order valence-corrected chi connectivity index (χ1v) is 8.73. The summed E-state index contributed by atoms with van der Waals surface area (Å²) in [6, 6.07) is 17.4. The van der Waals surface area contributed by atoms with Crippen LogP contribution in [0.1, 0.15) is 41.4 Å². The lowest BCUT2D eigenvalue weighted by molar-refractivity contribution is 0.0686. The molecule has 0 aliphatic carbocycles. The molecule has 0 aliphatic rings. The van der Waals surface area contributed by atoms with Gasteiger partial charge >= 0.3 is 11.9 Å². The van der Waals surface area contributed by atoms with Crippen LogP contribution >= 0.6 is 0 Å². The zero-order valence-corrected chi connectivity index (χ0v) is 15.5. The molecule has 0 aromatic heterocycles. The number of hydrogen-bond acceptors (Lipinski definition) is 4. The highest BCUT2D eigenvalue weighted by Crippen LogP contribution is 2.14. The summed E-state index contributed by atoms with van der Waals surface area (Å²) in [5.74, 6) is -2.93. The highest BCUT2D eigenvalue weighted by molar-refractivity contribution is 6.07. The van der Waals surface area contributed by atoms with Crippen LogP contribution in [0.3, 0.4) is 0 Å². The van der Waals surface area contributed by atoms with Crippen LogP contribution in [0.2, 0.25) is 0 Å². The van der Waals surface area contributed by atoms with E-state index in [0.717, 1.165) is 0 Å². The Labute approximate surface area is 170 Å². The van der Waals surface area contributed by atoms with Gasteiger partial charge in [0.1, 0.15) is 0 Å². The molecule has 4 N–H and O–H groups in total. The maximum absolute atomic E-state index is 12.3. The monoisotopic (exact) mass is 404 g/mol. The number of amides is 2. The number of benzene rings is 3. The quantitative estimate of drug-likeness (QED) is 0.496. The Morgan fingerprint density at radius 1 is 0.467 bits per heavy atom. The van der Waals surface area contributed by atoms with E-state index in [4.69, 9.17) is 10.2 Å². The van der Waals surface area contributed by atoms with Crippen LogP contribution in [0.4, 0.5) is 11.4 Å². The summed E-state index contributed by atoms with van der Waals surface area (Å²) in [6.07, 6.45) is 0. The van der Waals surface area contributed by atoms with E-state index in [2.05, 4.69) is 10.6 Å². The maximum Gasteiger partial charge on any atom is 0.335 e. The van der Waals surface area contributed by atoms with E-state index in [9.17, 15) is 19.2 Å². The van der Waals surface area contributed by atoms with Crippen molar-refractivity contribution in [3.05, 3.63) is 95.1 Å². The van der Waals surface area contributed by atoms with Crippen LogP contribution < -0.4 is 10.6 Å². The fourth-order valence-corrected chi connectivity index (χ4v) is 2.57. The van der Waals surface area contributed by atoms with Crippen molar-refractivity contribution in [2.75, 3.05) is 10.6 Å². The van der Waals surface area contributed by atoms with Gasteiger partial charge in [-0.3, -0.25) is 9.59 Å². The molecule has 150 valence electrons. The number of nitrogens with one attached hydrogen (secondary N) is 2. The summed E-state index contributed by atoms with van der Waals surface area (Å²) < 4.78 is 0. The largest absolute Gasteiger partial charge is 0.478 e. The summed E-state index contributed by atoms with van der Waals surface area (Å²) in [5.41, 5.74) is 1.74. The molecule has 0 fully saturated rings. The molecule has 3 rings (SSSR count). The van der Waals surface area contributed by atoms with E-state index in [1.54, 1.807) is 0 Å². The van der Waals surface area contributed by atoms with Gasteiger partial charge in [0.2, 0.25) is 0 Å². The van der Waals surface area contributed by atoms with Crippen molar-refractivity contribution in [2.45, 2.75) is 0 Å². The molecule has 0 unspecified atom stereocenters.